The molecule has 0 radical (unpaired) electrons. The fourth-order valence-electron chi connectivity index (χ4n) is 1.79. The lowest BCUT2D eigenvalue weighted by Gasteiger charge is -2.36. The molecule has 0 aromatic carbocycles. The Morgan fingerprint density at radius 3 is 2.13 bits per heavy atom. The largest absolute Gasteiger partial charge is 0.423 e. The second-order valence-corrected chi connectivity index (χ2v) is 6.38. The monoisotopic (exact) mass is 268 g/mol. The van der Waals surface area contributed by atoms with Crippen molar-refractivity contribution in [1.29, 1.82) is 0 Å². The molecule has 2 unspecified atom stereocenters. The summed E-state index contributed by atoms with van der Waals surface area (Å²) in [5, 5.41) is -2.18. The molecule has 0 saturated heterocycles. The summed E-state index contributed by atoms with van der Waals surface area (Å²) >= 11 is 0. The van der Waals surface area contributed by atoms with E-state index < -0.39 is 32.6 Å². The van der Waals surface area contributed by atoms with Crippen LogP contribution in [0.1, 0.15) is 25.7 Å². The molecule has 2 nitrogen and oxygen atoms in total. The van der Waals surface area contributed by atoms with Crippen LogP contribution in [-0.2, 0) is 9.05 Å². The minimum atomic E-state index is -5.19. The first-order valence-corrected chi connectivity index (χ1v) is 6.65. The lowest BCUT2D eigenvalue weighted by molar-refractivity contribution is -0.237. The quantitative estimate of drug-likeness (QED) is 0.541. The van der Waals surface area contributed by atoms with Gasteiger partial charge in [0.1, 0.15) is 5.25 Å². The van der Waals surface area contributed by atoms with Gasteiger partial charge in [-0.05, 0) is 19.3 Å². The van der Waals surface area contributed by atoms with E-state index in [9.17, 15) is 26.0 Å². The highest BCUT2D eigenvalue weighted by atomic mass is 35.7. The van der Waals surface area contributed by atoms with Crippen molar-refractivity contribution in [3.05, 3.63) is 0 Å². The zero-order chi connectivity index (χ0) is 11.9. The maximum atomic E-state index is 13.7. The number of alkyl halides is 4. The van der Waals surface area contributed by atoms with Crippen LogP contribution in [0.5, 0.6) is 0 Å². The van der Waals surface area contributed by atoms with Crippen molar-refractivity contribution in [1.82, 2.24) is 0 Å². The summed E-state index contributed by atoms with van der Waals surface area (Å²) in [7, 11) is 0.295. The summed E-state index contributed by atoms with van der Waals surface area (Å²) in [6.45, 7) is 0. The van der Waals surface area contributed by atoms with Crippen molar-refractivity contribution in [2.45, 2.75) is 42.8 Å². The maximum absolute atomic E-state index is 13.7. The predicted octanol–water partition coefficient (Wildman–Crippen LogP) is 2.77. The van der Waals surface area contributed by atoms with E-state index in [1.54, 1.807) is 0 Å². The lowest BCUT2D eigenvalue weighted by Crippen LogP contribution is -2.54. The van der Waals surface area contributed by atoms with Gasteiger partial charge in [-0.15, -0.1) is 0 Å². The van der Waals surface area contributed by atoms with Crippen molar-refractivity contribution in [3.8, 4) is 0 Å². The Kier molecular flexibility index (Phi) is 3.27. The van der Waals surface area contributed by atoms with E-state index in [4.69, 9.17) is 10.7 Å². The van der Waals surface area contributed by atoms with Gasteiger partial charge in [0.15, 0.2) is 0 Å². The molecule has 1 fully saturated rings. The summed E-state index contributed by atoms with van der Waals surface area (Å²) < 4.78 is 72.6. The molecule has 1 saturated carbocycles. The minimum absolute atomic E-state index is 0.0128. The first-order chi connectivity index (χ1) is 6.59. The standard InChI is InChI=1S/C7H9ClF4O2S/c8-15(13,14)5-3-1-2-4-6(5,9)7(10,11)12/h5H,1-4H2. The Labute approximate surface area is 89.0 Å². The molecule has 8 heteroatoms. The molecule has 0 aromatic heterocycles. The van der Waals surface area contributed by atoms with E-state index in [0.29, 0.717) is 0 Å². The number of rotatable bonds is 1. The molecule has 15 heavy (non-hydrogen) atoms. The highest BCUT2D eigenvalue weighted by Crippen LogP contribution is 2.48. The molecular formula is C7H9ClF4O2S. The molecule has 1 rings (SSSR count). The van der Waals surface area contributed by atoms with Crippen molar-refractivity contribution < 1.29 is 26.0 Å². The normalized spacial score (nSPS) is 34.1. The highest BCUT2D eigenvalue weighted by molar-refractivity contribution is 8.14. The predicted molar refractivity (Wildman–Crippen MR) is 46.9 cm³/mol. The van der Waals surface area contributed by atoms with Gasteiger partial charge in [-0.2, -0.15) is 13.2 Å². The number of hydrogen-bond acceptors (Lipinski definition) is 2. The maximum Gasteiger partial charge on any atom is 0.423 e. The number of halogens is 5. The van der Waals surface area contributed by atoms with E-state index >= 15 is 0 Å². The summed E-state index contributed by atoms with van der Waals surface area (Å²) in [6, 6.07) is 0. The van der Waals surface area contributed by atoms with E-state index in [1.807, 2.05) is 0 Å². The Bertz CT molecular complexity index is 339. The van der Waals surface area contributed by atoms with Gasteiger partial charge in [0.2, 0.25) is 14.7 Å². The molecule has 0 aromatic rings. The van der Waals surface area contributed by atoms with E-state index in [1.165, 1.54) is 0 Å². The molecule has 1 aliphatic rings. The zero-order valence-electron chi connectivity index (χ0n) is 7.52. The Morgan fingerprint density at radius 2 is 1.80 bits per heavy atom. The molecular weight excluding hydrogens is 260 g/mol. The molecule has 0 amide bonds. The minimum Gasteiger partial charge on any atom is -0.232 e. The van der Waals surface area contributed by atoms with Gasteiger partial charge in [-0.3, -0.25) is 0 Å². The molecule has 0 bridgehead atoms. The van der Waals surface area contributed by atoms with Gasteiger partial charge in [0.05, 0.1) is 0 Å². The van der Waals surface area contributed by atoms with Crippen LogP contribution in [0.4, 0.5) is 17.6 Å². The van der Waals surface area contributed by atoms with Gasteiger partial charge < -0.3 is 0 Å². The van der Waals surface area contributed by atoms with Crippen LogP contribution in [-0.4, -0.2) is 25.5 Å². The number of hydrogen-bond donors (Lipinski definition) is 0. The van der Waals surface area contributed by atoms with E-state index in [2.05, 4.69) is 0 Å². The van der Waals surface area contributed by atoms with Crippen molar-refractivity contribution in [3.63, 3.8) is 0 Å². The van der Waals surface area contributed by atoms with Crippen LogP contribution in [0.2, 0.25) is 0 Å². The van der Waals surface area contributed by atoms with Crippen LogP contribution in [0, 0.1) is 0 Å². The summed E-state index contributed by atoms with van der Waals surface area (Å²) in [6.07, 6.45) is -6.17. The molecule has 1 aliphatic carbocycles. The highest BCUT2D eigenvalue weighted by Gasteiger charge is 2.64. The van der Waals surface area contributed by atoms with Gasteiger partial charge in [-0.25, -0.2) is 12.8 Å². The van der Waals surface area contributed by atoms with Crippen LogP contribution in [0.25, 0.3) is 0 Å². The molecule has 0 spiro atoms. The summed E-state index contributed by atoms with van der Waals surface area (Å²) in [4.78, 5) is 0. The Balaban J connectivity index is 3.13. The lowest BCUT2D eigenvalue weighted by atomic mass is 9.85. The average molecular weight is 269 g/mol. The van der Waals surface area contributed by atoms with Gasteiger partial charge in [0, 0.05) is 10.7 Å². The smallest absolute Gasteiger partial charge is 0.232 e. The first-order valence-electron chi connectivity index (χ1n) is 4.28. The fraction of sp³-hybridized carbons (Fsp3) is 1.00. The zero-order valence-corrected chi connectivity index (χ0v) is 9.09. The second-order valence-electron chi connectivity index (χ2n) is 3.57. The van der Waals surface area contributed by atoms with Crippen molar-refractivity contribution in [2.24, 2.45) is 0 Å². The van der Waals surface area contributed by atoms with Crippen LogP contribution < -0.4 is 0 Å². The van der Waals surface area contributed by atoms with Crippen molar-refractivity contribution in [2.75, 3.05) is 0 Å². The van der Waals surface area contributed by atoms with Gasteiger partial charge >= 0.3 is 6.18 Å². The van der Waals surface area contributed by atoms with Crippen LogP contribution in [0.3, 0.4) is 0 Å². The third-order valence-electron chi connectivity index (χ3n) is 2.58. The topological polar surface area (TPSA) is 34.1 Å². The molecule has 90 valence electrons. The third-order valence-corrected chi connectivity index (χ3v) is 4.51. The van der Waals surface area contributed by atoms with Gasteiger partial charge in [-0.1, -0.05) is 6.42 Å². The Hall–Kier alpha value is -0.0400. The second kappa shape index (κ2) is 3.76. The first kappa shape index (κ1) is 13.0. The molecule has 0 aliphatic heterocycles. The Morgan fingerprint density at radius 1 is 1.27 bits per heavy atom. The van der Waals surface area contributed by atoms with Crippen LogP contribution >= 0.6 is 10.7 Å². The van der Waals surface area contributed by atoms with Gasteiger partial charge in [0.25, 0.3) is 0 Å². The third kappa shape index (κ3) is 2.38. The van der Waals surface area contributed by atoms with E-state index in [0.717, 1.165) is 0 Å². The van der Waals surface area contributed by atoms with Crippen LogP contribution in [0.15, 0.2) is 0 Å². The van der Waals surface area contributed by atoms with E-state index in [-0.39, 0.29) is 19.3 Å². The molecule has 0 heterocycles. The summed E-state index contributed by atoms with van der Waals surface area (Å²) in [5.41, 5.74) is -3.70. The SMILES string of the molecule is O=S(=O)(Cl)C1CCCCC1(F)C(F)(F)F. The van der Waals surface area contributed by atoms with Crippen molar-refractivity contribution >= 4 is 19.7 Å². The fourth-order valence-corrected chi connectivity index (χ4v) is 3.63. The molecule has 0 N–H and O–H groups in total. The average Bonchev–Trinajstić information content (AvgIpc) is 2.00. The molecule has 2 atom stereocenters. The summed E-state index contributed by atoms with van der Waals surface area (Å²) in [5.74, 6) is 0.